The molecular formula is C12H12N6OS. The van der Waals surface area contributed by atoms with Crippen molar-refractivity contribution >= 4 is 44.2 Å². The van der Waals surface area contributed by atoms with E-state index in [4.69, 9.17) is 0 Å². The largest absolute Gasteiger partial charge is 0.322 e. The van der Waals surface area contributed by atoms with E-state index in [1.54, 1.807) is 12.3 Å². The minimum absolute atomic E-state index is 0.144. The zero-order valence-corrected chi connectivity index (χ0v) is 11.7. The van der Waals surface area contributed by atoms with Crippen LogP contribution < -0.4 is 10.6 Å². The Morgan fingerprint density at radius 2 is 2.30 bits per heavy atom. The van der Waals surface area contributed by atoms with Gasteiger partial charge in [-0.25, -0.2) is 9.97 Å². The van der Waals surface area contributed by atoms with Gasteiger partial charge in [-0.3, -0.25) is 9.89 Å². The molecule has 0 radical (unpaired) electrons. The first-order valence-electron chi connectivity index (χ1n) is 5.94. The predicted octanol–water partition coefficient (Wildman–Crippen LogP) is 2.42. The van der Waals surface area contributed by atoms with Crippen LogP contribution in [0.2, 0.25) is 0 Å². The highest BCUT2D eigenvalue weighted by Gasteiger charge is 2.11. The number of anilines is 3. The molecule has 0 fully saturated rings. The smallest absolute Gasteiger partial charge is 0.223 e. The summed E-state index contributed by atoms with van der Waals surface area (Å²) in [5, 5.41) is 13.3. The maximum absolute atomic E-state index is 11.1. The molecule has 3 heterocycles. The van der Waals surface area contributed by atoms with Gasteiger partial charge in [-0.05, 0) is 13.0 Å². The lowest BCUT2D eigenvalue weighted by Crippen LogP contribution is -2.04. The lowest BCUT2D eigenvalue weighted by Gasteiger charge is -2.01. The van der Waals surface area contributed by atoms with Crippen molar-refractivity contribution in [3.63, 3.8) is 0 Å². The molecule has 0 saturated carbocycles. The van der Waals surface area contributed by atoms with Crippen LogP contribution in [0.4, 0.5) is 16.8 Å². The Morgan fingerprint density at radius 3 is 3.00 bits per heavy atom. The molecule has 0 aliphatic heterocycles. The summed E-state index contributed by atoms with van der Waals surface area (Å²) in [7, 11) is 0. The molecule has 3 aromatic heterocycles. The van der Waals surface area contributed by atoms with Gasteiger partial charge in [0.2, 0.25) is 5.91 Å². The van der Waals surface area contributed by atoms with Gasteiger partial charge in [0.15, 0.2) is 16.8 Å². The van der Waals surface area contributed by atoms with Gasteiger partial charge in [0, 0.05) is 24.9 Å². The third kappa shape index (κ3) is 2.45. The molecule has 0 bridgehead atoms. The van der Waals surface area contributed by atoms with Crippen LogP contribution in [0.1, 0.15) is 12.6 Å². The average molecular weight is 288 g/mol. The summed E-state index contributed by atoms with van der Waals surface area (Å²) >= 11 is 1.37. The zero-order valence-electron chi connectivity index (χ0n) is 10.9. The van der Waals surface area contributed by atoms with E-state index in [0.29, 0.717) is 16.8 Å². The van der Waals surface area contributed by atoms with Crippen molar-refractivity contribution in [3.05, 3.63) is 24.0 Å². The summed E-state index contributed by atoms with van der Waals surface area (Å²) in [4.78, 5) is 19.7. The van der Waals surface area contributed by atoms with E-state index in [9.17, 15) is 4.79 Å². The highest BCUT2D eigenvalue weighted by Crippen LogP contribution is 2.31. The van der Waals surface area contributed by atoms with Crippen LogP contribution in [0, 0.1) is 6.92 Å². The van der Waals surface area contributed by atoms with Gasteiger partial charge in [-0.15, -0.1) is 0 Å². The molecule has 3 aromatic rings. The first kappa shape index (κ1) is 12.5. The summed E-state index contributed by atoms with van der Waals surface area (Å²) in [5.41, 5.74) is 1.74. The van der Waals surface area contributed by atoms with Crippen molar-refractivity contribution in [1.82, 2.24) is 20.2 Å². The number of rotatable bonds is 3. The Balaban J connectivity index is 1.98. The Morgan fingerprint density at radius 1 is 1.45 bits per heavy atom. The minimum Gasteiger partial charge on any atom is -0.322 e. The van der Waals surface area contributed by atoms with Crippen molar-refractivity contribution in [3.8, 4) is 0 Å². The van der Waals surface area contributed by atoms with Gasteiger partial charge in [0.05, 0.1) is 10.2 Å². The number of nitrogens with zero attached hydrogens (tertiary/aromatic N) is 3. The molecule has 3 N–H and O–H groups in total. The lowest BCUT2D eigenvalue weighted by atomic mass is 10.4. The van der Waals surface area contributed by atoms with E-state index in [2.05, 4.69) is 30.8 Å². The fourth-order valence-corrected chi connectivity index (χ4v) is 2.70. The average Bonchev–Trinajstić information content (AvgIpc) is 2.95. The van der Waals surface area contributed by atoms with Gasteiger partial charge in [-0.2, -0.15) is 5.10 Å². The molecule has 0 aromatic carbocycles. The Labute approximate surface area is 118 Å². The van der Waals surface area contributed by atoms with Gasteiger partial charge in [-0.1, -0.05) is 11.3 Å². The number of H-pyrrole nitrogens is 1. The summed E-state index contributed by atoms with van der Waals surface area (Å²) in [6.45, 7) is 3.38. The third-order valence-corrected chi connectivity index (χ3v) is 3.53. The first-order chi connectivity index (χ1) is 9.61. The summed E-state index contributed by atoms with van der Waals surface area (Å²) < 4.78 is 0.872. The second kappa shape index (κ2) is 4.89. The molecule has 0 saturated heterocycles. The number of nitrogens with one attached hydrogen (secondary N) is 3. The molecule has 0 aliphatic rings. The Bertz CT molecular complexity index is 777. The van der Waals surface area contributed by atoms with Crippen molar-refractivity contribution in [2.75, 3.05) is 10.6 Å². The molecule has 0 aliphatic carbocycles. The molecule has 8 heteroatoms. The highest BCUT2D eigenvalue weighted by molar-refractivity contribution is 7.22. The van der Waals surface area contributed by atoms with Gasteiger partial charge in [0.1, 0.15) is 0 Å². The van der Waals surface area contributed by atoms with E-state index < -0.39 is 0 Å². The number of hydrogen-bond donors (Lipinski definition) is 3. The molecule has 7 nitrogen and oxygen atoms in total. The number of pyridine rings is 1. The Hall–Kier alpha value is -2.48. The van der Waals surface area contributed by atoms with Crippen LogP contribution in [0.25, 0.3) is 10.2 Å². The first-order valence-corrected chi connectivity index (χ1v) is 6.75. The van der Waals surface area contributed by atoms with E-state index in [0.717, 1.165) is 15.9 Å². The number of fused-ring (bicyclic) bond motifs is 1. The number of hydrogen-bond acceptors (Lipinski definition) is 6. The number of carbonyl (C=O) groups is 1. The summed E-state index contributed by atoms with van der Waals surface area (Å²) in [6, 6.07) is 3.69. The minimum atomic E-state index is -0.144. The Kier molecular flexibility index (Phi) is 3.07. The van der Waals surface area contributed by atoms with Crippen LogP contribution in [-0.4, -0.2) is 26.1 Å². The summed E-state index contributed by atoms with van der Waals surface area (Å²) in [6.07, 6.45) is 1.67. The van der Waals surface area contributed by atoms with Crippen molar-refractivity contribution < 1.29 is 4.79 Å². The maximum Gasteiger partial charge on any atom is 0.223 e. The SMILES string of the molecule is CC(=O)Nc1nc2ccnc(Nc3cc(C)[nH]n3)c2s1. The number of aryl methyl sites for hydroxylation is 1. The number of aromatic nitrogens is 4. The zero-order chi connectivity index (χ0) is 14.1. The van der Waals surface area contributed by atoms with Crippen molar-refractivity contribution in [2.24, 2.45) is 0 Å². The van der Waals surface area contributed by atoms with Crippen LogP contribution in [-0.2, 0) is 4.79 Å². The van der Waals surface area contributed by atoms with E-state index in [1.807, 2.05) is 13.0 Å². The van der Waals surface area contributed by atoms with Crippen molar-refractivity contribution in [2.45, 2.75) is 13.8 Å². The van der Waals surface area contributed by atoms with Crippen LogP contribution in [0.3, 0.4) is 0 Å². The standard InChI is InChI=1S/C12H12N6OS/c1-6-5-9(18-17-6)16-11-10-8(3-4-13-11)15-12(20-10)14-7(2)19/h3-5H,1-2H3,(H,14,15,19)(H2,13,16,17,18). The molecule has 3 rings (SSSR count). The monoisotopic (exact) mass is 288 g/mol. The molecule has 102 valence electrons. The maximum atomic E-state index is 11.1. The fraction of sp³-hybridized carbons (Fsp3) is 0.167. The van der Waals surface area contributed by atoms with E-state index >= 15 is 0 Å². The predicted molar refractivity (Wildman–Crippen MR) is 78.3 cm³/mol. The highest BCUT2D eigenvalue weighted by atomic mass is 32.1. The fourth-order valence-electron chi connectivity index (χ4n) is 1.75. The third-order valence-electron chi connectivity index (χ3n) is 2.54. The van der Waals surface area contributed by atoms with Gasteiger partial charge >= 0.3 is 0 Å². The van der Waals surface area contributed by atoms with Gasteiger partial charge in [0.25, 0.3) is 0 Å². The number of carbonyl (C=O) groups excluding carboxylic acids is 1. The van der Waals surface area contributed by atoms with E-state index in [-0.39, 0.29) is 5.91 Å². The number of aromatic amines is 1. The molecule has 0 spiro atoms. The van der Waals surface area contributed by atoms with Crippen LogP contribution >= 0.6 is 11.3 Å². The number of amides is 1. The molecule has 0 unspecified atom stereocenters. The molecule has 0 atom stereocenters. The quantitative estimate of drug-likeness (QED) is 0.688. The van der Waals surface area contributed by atoms with Gasteiger partial charge < -0.3 is 10.6 Å². The lowest BCUT2D eigenvalue weighted by molar-refractivity contribution is -0.114. The van der Waals surface area contributed by atoms with E-state index in [1.165, 1.54) is 18.3 Å². The van der Waals surface area contributed by atoms with Crippen molar-refractivity contribution in [1.29, 1.82) is 0 Å². The second-order valence-electron chi connectivity index (χ2n) is 4.27. The molecule has 1 amide bonds. The van der Waals surface area contributed by atoms with Crippen LogP contribution in [0.5, 0.6) is 0 Å². The molecular weight excluding hydrogens is 276 g/mol. The second-order valence-corrected chi connectivity index (χ2v) is 5.27. The topological polar surface area (TPSA) is 95.6 Å². The normalized spacial score (nSPS) is 10.7. The van der Waals surface area contributed by atoms with Crippen LogP contribution in [0.15, 0.2) is 18.3 Å². The summed E-state index contributed by atoms with van der Waals surface area (Å²) in [5.74, 6) is 1.22. The number of thiazole rings is 1. The molecule has 20 heavy (non-hydrogen) atoms.